The number of nitrogens with one attached hydrogen (secondary N) is 3. The lowest BCUT2D eigenvalue weighted by molar-refractivity contribution is -0.139. The summed E-state index contributed by atoms with van der Waals surface area (Å²) in [5, 5.41) is 16.2. The SMILES string of the molecule is COc1cc(C(=O)NC(CCC=O)C(=O)N[C@@H](CCCN)C(=O)N[C@H](C=O)CC(=O)O)cc(OC)c1OC. The van der Waals surface area contributed by atoms with Crippen molar-refractivity contribution in [1.82, 2.24) is 16.0 Å². The Bertz CT molecular complexity index is 975. The summed E-state index contributed by atoms with van der Waals surface area (Å²) in [7, 11) is 4.14. The number of methoxy groups -OCH3 is 3. The molecule has 1 unspecified atom stereocenters. The highest BCUT2D eigenvalue weighted by molar-refractivity contribution is 5.99. The first-order valence-electron chi connectivity index (χ1n) is 11.7. The summed E-state index contributed by atoms with van der Waals surface area (Å²) in [6.07, 6.45) is 0.461. The van der Waals surface area contributed by atoms with Crippen LogP contribution in [0, 0.1) is 0 Å². The normalized spacial score (nSPS) is 12.7. The fourth-order valence-electron chi connectivity index (χ4n) is 3.42. The smallest absolute Gasteiger partial charge is 0.305 e. The Morgan fingerprint density at radius 3 is 1.97 bits per heavy atom. The number of carbonyl (C=O) groups excluding carboxylic acids is 5. The van der Waals surface area contributed by atoms with Gasteiger partial charge in [-0.25, -0.2) is 0 Å². The standard InChI is InChI=1S/C24H34N4O10/c1-36-18-10-14(11-19(37-2)21(18)38-3)22(33)27-17(7-5-9-29)24(35)28-16(6-4-8-25)23(34)26-15(13-30)12-20(31)32/h9-11,13,15-17H,4-8,12,25H2,1-3H3,(H,26,34)(H,27,33)(H,28,35)(H,31,32)/t15-,16-,17?/m0/s1. The molecule has 0 spiro atoms. The fraction of sp³-hybridized carbons (Fsp3) is 0.500. The highest BCUT2D eigenvalue weighted by Crippen LogP contribution is 2.38. The van der Waals surface area contributed by atoms with Gasteiger partial charge in [-0.15, -0.1) is 0 Å². The topological polar surface area (TPSA) is 212 Å². The van der Waals surface area contributed by atoms with Crippen LogP contribution in [0.4, 0.5) is 0 Å². The van der Waals surface area contributed by atoms with E-state index in [-0.39, 0.29) is 54.9 Å². The predicted molar refractivity (Wildman–Crippen MR) is 133 cm³/mol. The molecule has 0 bridgehead atoms. The molecule has 0 aliphatic heterocycles. The summed E-state index contributed by atoms with van der Waals surface area (Å²) in [4.78, 5) is 71.9. The maximum absolute atomic E-state index is 13.1. The van der Waals surface area contributed by atoms with E-state index in [0.29, 0.717) is 12.7 Å². The van der Waals surface area contributed by atoms with Gasteiger partial charge in [0.1, 0.15) is 24.7 Å². The van der Waals surface area contributed by atoms with Crippen molar-refractivity contribution in [1.29, 1.82) is 0 Å². The average molecular weight is 539 g/mol. The van der Waals surface area contributed by atoms with Crippen LogP contribution in [0.3, 0.4) is 0 Å². The predicted octanol–water partition coefficient (Wildman–Crippen LogP) is -0.828. The first kappa shape index (κ1) is 31.8. The molecule has 0 saturated heterocycles. The molecule has 0 saturated carbocycles. The molecular weight excluding hydrogens is 504 g/mol. The van der Waals surface area contributed by atoms with Crippen molar-refractivity contribution in [3.8, 4) is 17.2 Å². The molecule has 3 atom stereocenters. The van der Waals surface area contributed by atoms with Crippen LogP contribution in [0.1, 0.15) is 42.5 Å². The summed E-state index contributed by atoms with van der Waals surface area (Å²) in [5.74, 6) is -2.90. The zero-order chi connectivity index (χ0) is 28.7. The van der Waals surface area contributed by atoms with Gasteiger partial charge in [-0.2, -0.15) is 0 Å². The van der Waals surface area contributed by atoms with Crippen LogP contribution < -0.4 is 35.9 Å². The first-order chi connectivity index (χ1) is 18.1. The van der Waals surface area contributed by atoms with E-state index < -0.39 is 48.2 Å². The van der Waals surface area contributed by atoms with Crippen LogP contribution in [-0.2, 0) is 24.0 Å². The second-order valence-corrected chi connectivity index (χ2v) is 8.03. The maximum Gasteiger partial charge on any atom is 0.305 e. The molecule has 1 aromatic carbocycles. The van der Waals surface area contributed by atoms with Crippen molar-refractivity contribution in [3.05, 3.63) is 17.7 Å². The number of benzene rings is 1. The van der Waals surface area contributed by atoms with E-state index in [2.05, 4.69) is 16.0 Å². The highest BCUT2D eigenvalue weighted by atomic mass is 16.5. The first-order valence-corrected chi connectivity index (χ1v) is 11.7. The number of hydrogen-bond donors (Lipinski definition) is 5. The Morgan fingerprint density at radius 1 is 0.921 bits per heavy atom. The van der Waals surface area contributed by atoms with Crippen molar-refractivity contribution in [2.75, 3.05) is 27.9 Å². The van der Waals surface area contributed by atoms with E-state index in [1.807, 2.05) is 0 Å². The van der Waals surface area contributed by atoms with Gasteiger partial charge in [0.2, 0.25) is 17.6 Å². The third kappa shape index (κ3) is 9.69. The molecule has 0 aromatic heterocycles. The van der Waals surface area contributed by atoms with Gasteiger partial charge in [-0.1, -0.05) is 0 Å². The van der Waals surface area contributed by atoms with Crippen LogP contribution in [-0.4, -0.2) is 87.4 Å². The molecule has 0 heterocycles. The Kier molecular flexibility index (Phi) is 13.8. The molecule has 0 aliphatic carbocycles. The van der Waals surface area contributed by atoms with Gasteiger partial charge in [0.25, 0.3) is 5.91 Å². The van der Waals surface area contributed by atoms with Crippen molar-refractivity contribution in [3.63, 3.8) is 0 Å². The number of ether oxygens (including phenoxy) is 3. The number of nitrogens with two attached hydrogens (primary N) is 1. The van der Waals surface area contributed by atoms with E-state index in [4.69, 9.17) is 25.1 Å². The molecule has 38 heavy (non-hydrogen) atoms. The van der Waals surface area contributed by atoms with Crippen LogP contribution in [0.15, 0.2) is 12.1 Å². The second-order valence-electron chi connectivity index (χ2n) is 8.03. The minimum absolute atomic E-state index is 0.0703. The second kappa shape index (κ2) is 16.5. The van der Waals surface area contributed by atoms with E-state index in [9.17, 15) is 28.8 Å². The van der Waals surface area contributed by atoms with Crippen LogP contribution in [0.25, 0.3) is 0 Å². The van der Waals surface area contributed by atoms with Crippen molar-refractivity contribution in [2.24, 2.45) is 5.73 Å². The number of carboxylic acid groups (broad SMARTS) is 1. The van der Waals surface area contributed by atoms with Crippen LogP contribution >= 0.6 is 0 Å². The largest absolute Gasteiger partial charge is 0.493 e. The molecule has 210 valence electrons. The average Bonchev–Trinajstić information content (AvgIpc) is 2.90. The monoisotopic (exact) mass is 538 g/mol. The number of amides is 3. The van der Waals surface area contributed by atoms with E-state index >= 15 is 0 Å². The molecule has 6 N–H and O–H groups in total. The summed E-state index contributed by atoms with van der Waals surface area (Å²) >= 11 is 0. The summed E-state index contributed by atoms with van der Waals surface area (Å²) < 4.78 is 15.7. The molecule has 14 nitrogen and oxygen atoms in total. The van der Waals surface area contributed by atoms with Crippen LogP contribution in [0.2, 0.25) is 0 Å². The van der Waals surface area contributed by atoms with Crippen molar-refractivity contribution in [2.45, 2.75) is 50.2 Å². The minimum atomic E-state index is -1.30. The van der Waals surface area contributed by atoms with E-state index in [1.165, 1.54) is 33.5 Å². The van der Waals surface area contributed by atoms with Crippen molar-refractivity contribution < 1.29 is 48.1 Å². The van der Waals surface area contributed by atoms with Gasteiger partial charge in [-0.3, -0.25) is 19.2 Å². The molecule has 1 rings (SSSR count). The molecule has 0 radical (unpaired) electrons. The number of hydrogen-bond acceptors (Lipinski definition) is 10. The van der Waals surface area contributed by atoms with Crippen LogP contribution in [0.5, 0.6) is 17.2 Å². The quantitative estimate of drug-likeness (QED) is 0.146. The molecule has 14 heteroatoms. The third-order valence-corrected chi connectivity index (χ3v) is 5.34. The van der Waals surface area contributed by atoms with Gasteiger partial charge < -0.3 is 50.6 Å². The lowest BCUT2D eigenvalue weighted by Crippen LogP contribution is -2.55. The maximum atomic E-state index is 13.1. The van der Waals surface area contributed by atoms with Gasteiger partial charge in [0.05, 0.1) is 33.8 Å². The fourth-order valence-corrected chi connectivity index (χ4v) is 3.42. The van der Waals surface area contributed by atoms with Gasteiger partial charge in [-0.05, 0) is 37.9 Å². The Balaban J connectivity index is 3.14. The number of aldehydes is 2. The molecular formula is C24H34N4O10. The number of aliphatic carboxylic acids is 1. The van der Waals surface area contributed by atoms with Crippen molar-refractivity contribution >= 4 is 36.3 Å². The Hall–Kier alpha value is -4.20. The Morgan fingerprint density at radius 2 is 1.50 bits per heavy atom. The number of rotatable bonds is 18. The third-order valence-electron chi connectivity index (χ3n) is 5.34. The van der Waals surface area contributed by atoms with Gasteiger partial charge >= 0.3 is 5.97 Å². The molecule has 3 amide bonds. The number of carboxylic acids is 1. The van der Waals surface area contributed by atoms with E-state index in [0.717, 1.165) is 0 Å². The van der Waals surface area contributed by atoms with Gasteiger partial charge in [0, 0.05) is 12.0 Å². The minimum Gasteiger partial charge on any atom is -0.493 e. The molecule has 0 fully saturated rings. The zero-order valence-corrected chi connectivity index (χ0v) is 21.5. The van der Waals surface area contributed by atoms with E-state index in [1.54, 1.807) is 0 Å². The summed E-state index contributed by atoms with van der Waals surface area (Å²) in [6.45, 7) is 0.193. The molecule has 0 aliphatic rings. The lowest BCUT2D eigenvalue weighted by Gasteiger charge is -2.24. The summed E-state index contributed by atoms with van der Waals surface area (Å²) in [5.41, 5.74) is 5.59. The van der Waals surface area contributed by atoms with Gasteiger partial charge in [0.15, 0.2) is 11.5 Å². The highest BCUT2D eigenvalue weighted by Gasteiger charge is 2.29. The lowest BCUT2D eigenvalue weighted by atomic mass is 10.1. The summed E-state index contributed by atoms with van der Waals surface area (Å²) in [6, 6.07) is -0.946. The zero-order valence-electron chi connectivity index (χ0n) is 21.5. The number of carbonyl (C=O) groups is 6. The molecule has 1 aromatic rings. The Labute approximate surface area is 219 Å².